The van der Waals surface area contributed by atoms with E-state index < -0.39 is 0 Å². The molecule has 3 unspecified atom stereocenters. The van der Waals surface area contributed by atoms with Crippen LogP contribution in [-0.2, 0) is 6.42 Å². The Morgan fingerprint density at radius 1 is 1.44 bits per heavy atom. The fraction of sp³-hybridized carbons (Fsp3) is 0.846. The fourth-order valence-corrected chi connectivity index (χ4v) is 4.71. The van der Waals surface area contributed by atoms with Crippen LogP contribution in [0.3, 0.4) is 0 Å². The van der Waals surface area contributed by atoms with Crippen LogP contribution in [0.2, 0.25) is 0 Å². The monoisotopic (exact) mass is 285 g/mol. The van der Waals surface area contributed by atoms with Gasteiger partial charge in [-0.05, 0) is 42.6 Å². The Hall–Kier alpha value is -0.130. The molecule has 1 aromatic heterocycles. The van der Waals surface area contributed by atoms with E-state index in [-0.39, 0.29) is 0 Å². The number of aryl methyl sites for hydroxylation is 1. The number of hydrogen-bond acceptors (Lipinski definition) is 5. The maximum atomic E-state index is 6.26. The first-order valence-corrected chi connectivity index (χ1v) is 8.50. The van der Waals surface area contributed by atoms with Gasteiger partial charge in [-0.25, -0.2) is 4.98 Å². The molecule has 0 bridgehead atoms. The van der Waals surface area contributed by atoms with E-state index in [4.69, 9.17) is 5.73 Å². The van der Waals surface area contributed by atoms with E-state index in [0.29, 0.717) is 11.3 Å². The third-order valence-corrected chi connectivity index (χ3v) is 6.04. The van der Waals surface area contributed by atoms with Crippen LogP contribution in [0, 0.1) is 11.8 Å². The summed E-state index contributed by atoms with van der Waals surface area (Å²) >= 11 is 3.38. The molecule has 0 saturated heterocycles. The second-order valence-corrected chi connectivity index (χ2v) is 7.71. The first kappa shape index (κ1) is 14.3. The summed E-state index contributed by atoms with van der Waals surface area (Å²) in [6.45, 7) is 6.74. The normalized spacial score (nSPS) is 28.8. The highest BCUT2D eigenvalue weighted by molar-refractivity contribution is 8.01. The number of hydrogen-bond donors (Lipinski definition) is 1. The molecule has 1 aromatic rings. The highest BCUT2D eigenvalue weighted by Crippen LogP contribution is 2.38. The predicted octanol–water partition coefficient (Wildman–Crippen LogP) is 3.34. The van der Waals surface area contributed by atoms with Crippen molar-refractivity contribution in [2.45, 2.75) is 62.1 Å². The molecule has 0 spiro atoms. The number of thioether (sulfide) groups is 1. The molecule has 102 valence electrons. The minimum Gasteiger partial charge on any atom is -0.327 e. The van der Waals surface area contributed by atoms with Crippen molar-refractivity contribution in [3.8, 4) is 0 Å². The van der Waals surface area contributed by atoms with Crippen molar-refractivity contribution < 1.29 is 0 Å². The zero-order valence-electron chi connectivity index (χ0n) is 11.4. The Morgan fingerprint density at radius 3 is 2.83 bits per heavy atom. The van der Waals surface area contributed by atoms with E-state index in [0.717, 1.165) is 34.8 Å². The largest absolute Gasteiger partial charge is 0.327 e. The van der Waals surface area contributed by atoms with Crippen LogP contribution in [0.25, 0.3) is 0 Å². The summed E-state index contributed by atoms with van der Waals surface area (Å²) in [6.07, 6.45) is 4.58. The third-order valence-electron chi connectivity index (χ3n) is 3.84. The zero-order chi connectivity index (χ0) is 13.1. The van der Waals surface area contributed by atoms with Gasteiger partial charge in [0, 0.05) is 17.7 Å². The van der Waals surface area contributed by atoms with Crippen LogP contribution >= 0.6 is 23.3 Å². The Bertz CT molecular complexity index is 378. The topological polar surface area (TPSA) is 51.8 Å². The number of aromatic nitrogens is 2. The number of rotatable bonds is 4. The molecule has 0 aliphatic heterocycles. The fourth-order valence-electron chi connectivity index (χ4n) is 2.48. The quantitative estimate of drug-likeness (QED) is 0.922. The van der Waals surface area contributed by atoms with Gasteiger partial charge in [0.2, 0.25) is 0 Å². The van der Waals surface area contributed by atoms with Gasteiger partial charge in [0.25, 0.3) is 0 Å². The average Bonchev–Trinajstić information content (AvgIpc) is 2.79. The van der Waals surface area contributed by atoms with Crippen molar-refractivity contribution >= 4 is 23.3 Å². The van der Waals surface area contributed by atoms with E-state index >= 15 is 0 Å². The van der Waals surface area contributed by atoms with Gasteiger partial charge in [-0.1, -0.05) is 32.5 Å². The summed E-state index contributed by atoms with van der Waals surface area (Å²) in [4.78, 5) is 4.54. The molecular weight excluding hydrogens is 262 g/mol. The highest BCUT2D eigenvalue weighted by Gasteiger charge is 2.31. The molecule has 2 rings (SSSR count). The van der Waals surface area contributed by atoms with E-state index in [1.807, 2.05) is 11.8 Å². The van der Waals surface area contributed by atoms with E-state index in [1.54, 1.807) is 0 Å². The van der Waals surface area contributed by atoms with Crippen LogP contribution in [0.5, 0.6) is 0 Å². The minimum atomic E-state index is 0.318. The Morgan fingerprint density at radius 2 is 2.22 bits per heavy atom. The molecule has 1 heterocycles. The molecule has 1 saturated carbocycles. The molecule has 3 nitrogen and oxygen atoms in total. The van der Waals surface area contributed by atoms with Crippen LogP contribution < -0.4 is 5.73 Å². The van der Waals surface area contributed by atoms with Crippen molar-refractivity contribution in [1.82, 2.24) is 9.36 Å². The molecule has 5 heteroatoms. The average molecular weight is 285 g/mol. The Kier molecular flexibility index (Phi) is 5.04. The van der Waals surface area contributed by atoms with E-state index in [9.17, 15) is 0 Å². The lowest BCUT2D eigenvalue weighted by Gasteiger charge is -2.35. The molecule has 1 aliphatic rings. The van der Waals surface area contributed by atoms with Crippen molar-refractivity contribution in [2.75, 3.05) is 0 Å². The first-order valence-electron chi connectivity index (χ1n) is 6.85. The second-order valence-electron chi connectivity index (χ2n) is 5.47. The van der Waals surface area contributed by atoms with Gasteiger partial charge < -0.3 is 5.73 Å². The highest BCUT2D eigenvalue weighted by atomic mass is 32.2. The van der Waals surface area contributed by atoms with Crippen molar-refractivity contribution in [1.29, 1.82) is 0 Å². The zero-order valence-corrected chi connectivity index (χ0v) is 13.1. The summed E-state index contributed by atoms with van der Waals surface area (Å²) in [5, 5.41) is 0.517. The Labute approximate surface area is 118 Å². The third kappa shape index (κ3) is 3.45. The van der Waals surface area contributed by atoms with Crippen LogP contribution in [0.1, 0.15) is 45.9 Å². The molecule has 18 heavy (non-hydrogen) atoms. The molecule has 1 fully saturated rings. The molecular formula is C13H23N3S2. The SMILES string of the molecule is CCc1nsc(SC2CC(C(C)C)CCC2N)n1. The maximum absolute atomic E-state index is 6.26. The molecule has 0 amide bonds. The van der Waals surface area contributed by atoms with Crippen molar-refractivity contribution in [3.05, 3.63) is 5.82 Å². The molecule has 3 atom stereocenters. The number of nitrogens with two attached hydrogens (primary N) is 1. The van der Waals surface area contributed by atoms with Crippen molar-refractivity contribution in [3.63, 3.8) is 0 Å². The van der Waals surface area contributed by atoms with Crippen LogP contribution in [0.4, 0.5) is 0 Å². The summed E-state index contributed by atoms with van der Waals surface area (Å²) in [5.74, 6) is 2.55. The molecule has 0 aromatic carbocycles. The van der Waals surface area contributed by atoms with Crippen molar-refractivity contribution in [2.24, 2.45) is 17.6 Å². The lowest BCUT2D eigenvalue weighted by atomic mass is 9.79. The lowest BCUT2D eigenvalue weighted by molar-refractivity contribution is 0.266. The van der Waals surface area contributed by atoms with Gasteiger partial charge in [0.15, 0.2) is 4.34 Å². The summed E-state index contributed by atoms with van der Waals surface area (Å²) in [6, 6.07) is 0.318. The summed E-state index contributed by atoms with van der Waals surface area (Å²) < 4.78 is 5.44. The van der Waals surface area contributed by atoms with Gasteiger partial charge in [-0.3, -0.25) is 0 Å². The van der Waals surface area contributed by atoms with Gasteiger partial charge >= 0.3 is 0 Å². The molecule has 0 radical (unpaired) electrons. The Balaban J connectivity index is 1.97. The van der Waals surface area contributed by atoms with Gasteiger partial charge in [-0.2, -0.15) is 4.37 Å². The van der Waals surface area contributed by atoms with E-state index in [1.165, 1.54) is 24.4 Å². The summed E-state index contributed by atoms with van der Waals surface area (Å²) in [7, 11) is 0. The van der Waals surface area contributed by atoms with E-state index in [2.05, 4.69) is 30.1 Å². The lowest BCUT2D eigenvalue weighted by Crippen LogP contribution is -2.39. The van der Waals surface area contributed by atoms with Crippen LogP contribution in [0.15, 0.2) is 4.34 Å². The van der Waals surface area contributed by atoms with Gasteiger partial charge in [0.1, 0.15) is 5.82 Å². The van der Waals surface area contributed by atoms with Crippen LogP contribution in [-0.4, -0.2) is 20.6 Å². The standard InChI is InChI=1S/C13H23N3S2/c1-4-12-15-13(18-16-12)17-11-7-9(8(2)3)5-6-10(11)14/h8-11H,4-7,14H2,1-3H3. The first-order chi connectivity index (χ1) is 8.60. The maximum Gasteiger partial charge on any atom is 0.170 e. The molecule has 1 aliphatic carbocycles. The van der Waals surface area contributed by atoms with Gasteiger partial charge in [0.05, 0.1) is 0 Å². The minimum absolute atomic E-state index is 0.318. The molecule has 2 N–H and O–H groups in total. The summed E-state index contributed by atoms with van der Waals surface area (Å²) in [5.41, 5.74) is 6.26. The smallest absolute Gasteiger partial charge is 0.170 e. The van der Waals surface area contributed by atoms with Gasteiger partial charge in [-0.15, -0.1) is 0 Å². The second kappa shape index (κ2) is 6.35. The predicted molar refractivity (Wildman–Crippen MR) is 79.1 cm³/mol. The number of nitrogens with zero attached hydrogens (tertiary/aromatic N) is 2.